The van der Waals surface area contributed by atoms with Gasteiger partial charge in [-0.3, -0.25) is 9.59 Å². The second-order valence-corrected chi connectivity index (χ2v) is 9.34. The van der Waals surface area contributed by atoms with Crippen molar-refractivity contribution in [2.75, 3.05) is 31.5 Å². The molecule has 31 heavy (non-hydrogen) atoms. The molecule has 3 heterocycles. The first-order valence-corrected chi connectivity index (χ1v) is 12.2. The van der Waals surface area contributed by atoms with E-state index in [1.807, 2.05) is 11.8 Å². The molecule has 2 aliphatic rings. The van der Waals surface area contributed by atoms with Crippen LogP contribution in [0.25, 0.3) is 10.2 Å². The topological polar surface area (TPSA) is 87.2 Å². The molecule has 0 aromatic carbocycles. The first-order chi connectivity index (χ1) is 15.1. The van der Waals surface area contributed by atoms with Gasteiger partial charge in [0, 0.05) is 32.6 Å². The number of thiophene rings is 1. The van der Waals surface area contributed by atoms with Crippen LogP contribution in [0.15, 0.2) is 18.0 Å². The van der Waals surface area contributed by atoms with Crippen LogP contribution >= 0.6 is 11.3 Å². The predicted octanol–water partition coefficient (Wildman–Crippen LogP) is 4.04. The molecule has 0 saturated carbocycles. The summed E-state index contributed by atoms with van der Waals surface area (Å²) in [5.41, 5.74) is 2.39. The molecule has 8 heteroatoms. The molecule has 2 aromatic heterocycles. The third-order valence-corrected chi connectivity index (χ3v) is 7.32. The van der Waals surface area contributed by atoms with Crippen molar-refractivity contribution < 1.29 is 9.59 Å². The number of likely N-dealkylation sites (tertiary alicyclic amines) is 1. The molecule has 1 fully saturated rings. The number of hydrogen-bond donors (Lipinski definition) is 2. The van der Waals surface area contributed by atoms with Gasteiger partial charge < -0.3 is 15.5 Å². The second kappa shape index (κ2) is 10.2. The predicted molar refractivity (Wildman–Crippen MR) is 125 cm³/mol. The molecule has 2 amide bonds. The highest BCUT2D eigenvalue weighted by molar-refractivity contribution is 7.20. The van der Waals surface area contributed by atoms with E-state index >= 15 is 0 Å². The number of amides is 2. The summed E-state index contributed by atoms with van der Waals surface area (Å²) in [5.74, 6) is 0.988. The normalized spacial score (nSPS) is 16.6. The number of anilines is 1. The Balaban J connectivity index is 1.35. The van der Waals surface area contributed by atoms with Crippen molar-refractivity contribution in [2.24, 2.45) is 0 Å². The van der Waals surface area contributed by atoms with Crippen molar-refractivity contribution in [2.45, 2.75) is 58.3 Å². The molecule has 0 atom stereocenters. The molecule has 2 aromatic rings. The molecule has 166 valence electrons. The second-order valence-electron chi connectivity index (χ2n) is 8.34. The number of aromatic nitrogens is 2. The van der Waals surface area contributed by atoms with Crippen molar-refractivity contribution in [3.63, 3.8) is 0 Å². The number of nitrogens with zero attached hydrogens (tertiary/aromatic N) is 3. The van der Waals surface area contributed by atoms with Crippen LogP contribution in [-0.4, -0.2) is 52.9 Å². The van der Waals surface area contributed by atoms with E-state index in [0.29, 0.717) is 17.8 Å². The van der Waals surface area contributed by atoms with Gasteiger partial charge >= 0.3 is 0 Å². The average molecular weight is 442 g/mol. The lowest BCUT2D eigenvalue weighted by Crippen LogP contribution is -2.27. The molecule has 0 spiro atoms. The summed E-state index contributed by atoms with van der Waals surface area (Å²) < 4.78 is 0. The number of hydrogen-bond acceptors (Lipinski definition) is 6. The Morgan fingerprint density at radius 3 is 2.87 bits per heavy atom. The van der Waals surface area contributed by atoms with Crippen molar-refractivity contribution >= 4 is 39.2 Å². The van der Waals surface area contributed by atoms with E-state index in [4.69, 9.17) is 0 Å². The van der Waals surface area contributed by atoms with Crippen molar-refractivity contribution in [1.29, 1.82) is 0 Å². The lowest BCUT2D eigenvalue weighted by atomic mass is 9.97. The number of fused-ring (bicyclic) bond motifs is 1. The Morgan fingerprint density at radius 2 is 2.10 bits per heavy atom. The maximum Gasteiger partial charge on any atom is 0.261 e. The minimum Gasteiger partial charge on any atom is -0.369 e. The van der Waals surface area contributed by atoms with E-state index < -0.39 is 0 Å². The van der Waals surface area contributed by atoms with Gasteiger partial charge in [-0.1, -0.05) is 11.6 Å². The smallest absolute Gasteiger partial charge is 0.261 e. The fourth-order valence-electron chi connectivity index (χ4n) is 4.39. The molecule has 4 rings (SSSR count). The van der Waals surface area contributed by atoms with Gasteiger partial charge in [0.05, 0.1) is 10.3 Å². The zero-order valence-electron chi connectivity index (χ0n) is 18.2. The minimum atomic E-state index is -0.0320. The van der Waals surface area contributed by atoms with E-state index in [9.17, 15) is 9.59 Å². The molecule has 1 aliphatic heterocycles. The summed E-state index contributed by atoms with van der Waals surface area (Å²) >= 11 is 1.42. The van der Waals surface area contributed by atoms with Gasteiger partial charge in [0.2, 0.25) is 5.91 Å². The monoisotopic (exact) mass is 441 g/mol. The van der Waals surface area contributed by atoms with Crippen LogP contribution in [0, 0.1) is 6.92 Å². The number of nitrogens with one attached hydrogen (secondary N) is 2. The van der Waals surface area contributed by atoms with Crippen LogP contribution in [-0.2, 0) is 4.79 Å². The molecule has 0 unspecified atom stereocenters. The van der Waals surface area contributed by atoms with Gasteiger partial charge in [0.25, 0.3) is 5.91 Å². The number of aryl methyl sites for hydroxylation is 1. The molecule has 1 saturated heterocycles. The SMILES string of the molecule is Cc1c(C(=O)NCCC2=CCCCC2)sc2ncnc(NCCCN3CCCC3=O)c12. The van der Waals surface area contributed by atoms with Gasteiger partial charge in [-0.15, -0.1) is 11.3 Å². The maximum absolute atomic E-state index is 12.8. The summed E-state index contributed by atoms with van der Waals surface area (Å²) in [6.45, 7) is 5.00. The van der Waals surface area contributed by atoms with Crippen LogP contribution in [0.2, 0.25) is 0 Å². The Morgan fingerprint density at radius 1 is 1.19 bits per heavy atom. The van der Waals surface area contributed by atoms with E-state index in [0.717, 1.165) is 66.9 Å². The van der Waals surface area contributed by atoms with Crippen LogP contribution in [0.4, 0.5) is 5.82 Å². The average Bonchev–Trinajstić information content (AvgIpc) is 3.35. The molecule has 0 radical (unpaired) electrons. The van der Waals surface area contributed by atoms with Crippen molar-refractivity contribution in [3.05, 3.63) is 28.4 Å². The fraction of sp³-hybridized carbons (Fsp3) is 0.565. The van der Waals surface area contributed by atoms with E-state index in [-0.39, 0.29) is 11.8 Å². The number of carbonyl (C=O) groups excluding carboxylic acids is 2. The lowest BCUT2D eigenvalue weighted by molar-refractivity contribution is -0.127. The minimum absolute atomic E-state index is 0.0320. The first-order valence-electron chi connectivity index (χ1n) is 11.4. The third kappa shape index (κ3) is 5.23. The zero-order valence-corrected chi connectivity index (χ0v) is 19.0. The molecule has 2 N–H and O–H groups in total. The largest absolute Gasteiger partial charge is 0.369 e. The highest BCUT2D eigenvalue weighted by atomic mass is 32.1. The van der Waals surface area contributed by atoms with Crippen LogP contribution in [0.1, 0.15) is 66.6 Å². The summed E-state index contributed by atoms with van der Waals surface area (Å²) in [6.07, 6.45) is 12.2. The standard InChI is InChI=1S/C23H31N5O2S/c1-16-19-21(24-11-6-14-28-13-5-9-18(28)29)26-15-27-23(19)31-20(16)22(30)25-12-10-17-7-3-2-4-8-17/h7,15H,2-6,8-14H2,1H3,(H,25,30)(H,24,26,27). The van der Waals surface area contributed by atoms with E-state index in [1.54, 1.807) is 6.33 Å². The van der Waals surface area contributed by atoms with Crippen LogP contribution < -0.4 is 10.6 Å². The highest BCUT2D eigenvalue weighted by Crippen LogP contribution is 2.33. The van der Waals surface area contributed by atoms with Crippen LogP contribution in [0.5, 0.6) is 0 Å². The Kier molecular flexibility index (Phi) is 7.17. The fourth-order valence-corrected chi connectivity index (χ4v) is 5.45. The van der Waals surface area contributed by atoms with Crippen LogP contribution in [0.3, 0.4) is 0 Å². The Labute approximate surface area is 187 Å². The third-order valence-electron chi connectivity index (χ3n) is 6.12. The quantitative estimate of drug-likeness (QED) is 0.453. The number of rotatable bonds is 9. The zero-order chi connectivity index (χ0) is 21.6. The Hall–Kier alpha value is -2.48. The summed E-state index contributed by atoms with van der Waals surface area (Å²) in [5, 5.41) is 7.39. The summed E-state index contributed by atoms with van der Waals surface area (Å²) in [6, 6.07) is 0. The highest BCUT2D eigenvalue weighted by Gasteiger charge is 2.20. The molecule has 7 nitrogen and oxygen atoms in total. The van der Waals surface area contributed by atoms with Gasteiger partial charge in [0.15, 0.2) is 0 Å². The van der Waals surface area contributed by atoms with Gasteiger partial charge in [-0.05, 0) is 57.4 Å². The lowest BCUT2D eigenvalue weighted by Gasteiger charge is -2.15. The summed E-state index contributed by atoms with van der Waals surface area (Å²) in [4.78, 5) is 36.8. The van der Waals surface area contributed by atoms with E-state index in [1.165, 1.54) is 36.2 Å². The van der Waals surface area contributed by atoms with Gasteiger partial charge in [-0.25, -0.2) is 9.97 Å². The maximum atomic E-state index is 12.8. The Bertz CT molecular complexity index is 984. The van der Waals surface area contributed by atoms with Crippen molar-refractivity contribution in [1.82, 2.24) is 20.2 Å². The van der Waals surface area contributed by atoms with Crippen molar-refractivity contribution in [3.8, 4) is 0 Å². The number of allylic oxidation sites excluding steroid dienone is 1. The molecule has 1 aliphatic carbocycles. The van der Waals surface area contributed by atoms with Gasteiger partial charge in [-0.2, -0.15) is 0 Å². The van der Waals surface area contributed by atoms with E-state index in [2.05, 4.69) is 26.7 Å². The first kappa shape index (κ1) is 21.7. The molecule has 0 bridgehead atoms. The molecular formula is C23H31N5O2S. The molecular weight excluding hydrogens is 410 g/mol. The number of carbonyl (C=O) groups is 2. The summed E-state index contributed by atoms with van der Waals surface area (Å²) in [7, 11) is 0. The van der Waals surface area contributed by atoms with Gasteiger partial charge in [0.1, 0.15) is 17.0 Å².